The van der Waals surface area contributed by atoms with Gasteiger partial charge >= 0.3 is 0 Å². The summed E-state index contributed by atoms with van der Waals surface area (Å²) in [5, 5.41) is 7.49. The Hall–Kier alpha value is -2.33. The van der Waals surface area contributed by atoms with E-state index < -0.39 is 11.6 Å². The summed E-state index contributed by atoms with van der Waals surface area (Å²) in [5.41, 5.74) is 2.46. The molecule has 5 rings (SSSR count). The van der Waals surface area contributed by atoms with E-state index in [1.807, 2.05) is 4.57 Å². The van der Waals surface area contributed by atoms with E-state index in [2.05, 4.69) is 31.5 Å². The highest BCUT2D eigenvalue weighted by Gasteiger charge is 2.23. The Labute approximate surface area is 219 Å². The molecule has 3 heterocycles. The van der Waals surface area contributed by atoms with Crippen LogP contribution in [0.3, 0.4) is 0 Å². The van der Waals surface area contributed by atoms with E-state index in [1.165, 1.54) is 6.07 Å². The zero-order valence-corrected chi connectivity index (χ0v) is 21.6. The van der Waals surface area contributed by atoms with Crippen LogP contribution in [0.4, 0.5) is 14.7 Å². The van der Waals surface area contributed by atoms with Crippen molar-refractivity contribution in [3.8, 4) is 11.4 Å². The number of aromatic nitrogens is 4. The van der Waals surface area contributed by atoms with E-state index >= 15 is 0 Å². The van der Waals surface area contributed by atoms with Crippen molar-refractivity contribution in [2.75, 3.05) is 18.4 Å². The number of nitrogens with zero attached hydrogens (tertiary/aromatic N) is 4. The third-order valence-corrected chi connectivity index (χ3v) is 7.05. The van der Waals surface area contributed by atoms with Crippen LogP contribution in [-0.4, -0.2) is 32.6 Å². The van der Waals surface area contributed by atoms with Crippen molar-refractivity contribution in [1.29, 1.82) is 0 Å². The summed E-state index contributed by atoms with van der Waals surface area (Å²) in [6.07, 6.45) is 3.82. The minimum absolute atomic E-state index is 0.237. The molecule has 35 heavy (non-hydrogen) atoms. The Morgan fingerprint density at radius 1 is 1.11 bits per heavy atom. The predicted octanol–water partition coefficient (Wildman–Crippen LogP) is 6.45. The molecule has 1 aliphatic heterocycles. The smallest absolute Gasteiger partial charge is 0.225 e. The monoisotopic (exact) mass is 580 g/mol. The molecule has 0 aliphatic carbocycles. The van der Waals surface area contributed by atoms with E-state index in [4.69, 9.17) is 33.2 Å². The summed E-state index contributed by atoms with van der Waals surface area (Å²) in [6.45, 7) is 2.83. The first kappa shape index (κ1) is 24.4. The van der Waals surface area contributed by atoms with Crippen molar-refractivity contribution < 1.29 is 8.78 Å². The number of fused-ring (bicyclic) bond motifs is 1. The molecular formula is C24H21BrCl2F2N6. The van der Waals surface area contributed by atoms with Crippen LogP contribution in [0, 0.1) is 17.6 Å². The molecular weight excluding hydrogens is 561 g/mol. The van der Waals surface area contributed by atoms with Crippen LogP contribution in [-0.2, 0) is 13.1 Å². The van der Waals surface area contributed by atoms with Crippen molar-refractivity contribution in [2.24, 2.45) is 5.92 Å². The van der Waals surface area contributed by atoms with Crippen LogP contribution in [0.25, 0.3) is 22.6 Å². The molecule has 1 unspecified atom stereocenters. The Bertz CT molecular complexity index is 1370. The highest BCUT2D eigenvalue weighted by molar-refractivity contribution is 9.10. The largest absolute Gasteiger partial charge is 0.350 e. The molecule has 2 N–H and O–H groups in total. The number of imidazole rings is 1. The van der Waals surface area contributed by atoms with Gasteiger partial charge in [-0.25, -0.2) is 18.7 Å². The van der Waals surface area contributed by atoms with Crippen LogP contribution in [0.1, 0.15) is 18.4 Å². The third-order valence-electron chi connectivity index (χ3n) is 5.99. The first-order chi connectivity index (χ1) is 16.9. The summed E-state index contributed by atoms with van der Waals surface area (Å²) in [4.78, 5) is 13.9. The Kier molecular flexibility index (Phi) is 7.20. The van der Waals surface area contributed by atoms with E-state index in [0.29, 0.717) is 56.6 Å². The fraction of sp³-hybridized carbons (Fsp3) is 0.292. The number of piperidine rings is 1. The van der Waals surface area contributed by atoms with Crippen molar-refractivity contribution >= 4 is 56.2 Å². The van der Waals surface area contributed by atoms with Gasteiger partial charge in [-0.3, -0.25) is 0 Å². The van der Waals surface area contributed by atoms with Crippen LogP contribution in [0.15, 0.2) is 41.0 Å². The van der Waals surface area contributed by atoms with Gasteiger partial charge in [0, 0.05) is 17.6 Å². The number of halogens is 5. The quantitative estimate of drug-likeness (QED) is 0.274. The Morgan fingerprint density at radius 3 is 2.63 bits per heavy atom. The summed E-state index contributed by atoms with van der Waals surface area (Å²) < 4.78 is 29.6. The molecule has 2 aromatic carbocycles. The average Bonchev–Trinajstić information content (AvgIpc) is 3.17. The maximum atomic E-state index is 13.6. The maximum absolute atomic E-state index is 13.6. The van der Waals surface area contributed by atoms with Crippen molar-refractivity contribution in [3.05, 3.63) is 68.2 Å². The lowest BCUT2D eigenvalue weighted by Gasteiger charge is -2.24. The second kappa shape index (κ2) is 10.3. The lowest BCUT2D eigenvalue weighted by Crippen LogP contribution is -2.32. The lowest BCUT2D eigenvalue weighted by molar-refractivity contribution is 0.341. The first-order valence-corrected chi connectivity index (χ1v) is 12.7. The normalized spacial score (nSPS) is 16.1. The Balaban J connectivity index is 1.54. The van der Waals surface area contributed by atoms with Crippen LogP contribution in [0.5, 0.6) is 0 Å². The molecule has 0 bridgehead atoms. The van der Waals surface area contributed by atoms with E-state index in [1.54, 1.807) is 18.3 Å². The van der Waals surface area contributed by atoms with Gasteiger partial charge in [-0.1, -0.05) is 45.2 Å². The minimum Gasteiger partial charge on any atom is -0.350 e. The second-order valence-corrected chi connectivity index (χ2v) is 10.2. The highest BCUT2D eigenvalue weighted by Crippen LogP contribution is 2.38. The van der Waals surface area contributed by atoms with Gasteiger partial charge in [0.25, 0.3) is 0 Å². The molecule has 182 valence electrons. The molecule has 0 saturated carbocycles. The zero-order valence-electron chi connectivity index (χ0n) is 18.5. The molecule has 1 fully saturated rings. The number of hydrogen-bond donors (Lipinski definition) is 2. The fourth-order valence-electron chi connectivity index (χ4n) is 4.29. The number of nitrogens with one attached hydrogen (secondary N) is 2. The molecule has 0 amide bonds. The standard InChI is InChI=1S/C24H21BrCl2F2N6/c25-15-7-16(26)21(17(27)8-15)23-33-20-11-32-24(31-10-13-3-4-18(28)19(29)6-13)34-22(20)35(23)12-14-2-1-5-30-9-14/h3-4,6-8,11,14,30H,1-2,5,9-10,12H2,(H,31,32,34). The van der Waals surface area contributed by atoms with E-state index in [-0.39, 0.29) is 6.54 Å². The SMILES string of the molecule is Fc1ccc(CNc2ncc3nc(-c4c(Cl)cc(Br)cc4Cl)n(CC4CCCNC4)c3n2)cc1F. The number of rotatable bonds is 6. The average molecular weight is 582 g/mol. The predicted molar refractivity (Wildman–Crippen MR) is 138 cm³/mol. The molecule has 11 heteroatoms. The van der Waals surface area contributed by atoms with Gasteiger partial charge < -0.3 is 15.2 Å². The van der Waals surface area contributed by atoms with E-state index in [0.717, 1.165) is 42.5 Å². The summed E-state index contributed by atoms with van der Waals surface area (Å²) in [7, 11) is 0. The molecule has 4 aromatic rings. The molecule has 0 radical (unpaired) electrons. The van der Waals surface area contributed by atoms with Crippen molar-refractivity contribution in [1.82, 2.24) is 24.8 Å². The van der Waals surface area contributed by atoms with Gasteiger partial charge in [0.1, 0.15) is 11.3 Å². The summed E-state index contributed by atoms with van der Waals surface area (Å²) >= 11 is 16.6. The second-order valence-electron chi connectivity index (χ2n) is 8.51. The van der Waals surface area contributed by atoms with Gasteiger partial charge in [0.2, 0.25) is 5.95 Å². The topological polar surface area (TPSA) is 67.7 Å². The third kappa shape index (κ3) is 5.28. The van der Waals surface area contributed by atoms with Gasteiger partial charge in [-0.2, -0.15) is 4.98 Å². The molecule has 1 saturated heterocycles. The highest BCUT2D eigenvalue weighted by atomic mass is 79.9. The minimum atomic E-state index is -0.896. The number of anilines is 1. The fourth-order valence-corrected chi connectivity index (χ4v) is 5.67. The molecule has 6 nitrogen and oxygen atoms in total. The molecule has 1 atom stereocenters. The van der Waals surface area contributed by atoms with Crippen LogP contribution >= 0.6 is 39.1 Å². The van der Waals surface area contributed by atoms with E-state index in [9.17, 15) is 8.78 Å². The van der Waals surface area contributed by atoms with Gasteiger partial charge in [-0.15, -0.1) is 0 Å². The molecule has 2 aromatic heterocycles. The van der Waals surface area contributed by atoms with Crippen LogP contribution < -0.4 is 10.6 Å². The van der Waals surface area contributed by atoms with Gasteiger partial charge in [-0.05, 0) is 61.7 Å². The molecule has 1 aliphatic rings. The number of hydrogen-bond acceptors (Lipinski definition) is 5. The van der Waals surface area contributed by atoms with Crippen LogP contribution in [0.2, 0.25) is 10.0 Å². The maximum Gasteiger partial charge on any atom is 0.225 e. The Morgan fingerprint density at radius 2 is 1.91 bits per heavy atom. The zero-order chi connectivity index (χ0) is 24.5. The lowest BCUT2D eigenvalue weighted by atomic mass is 9.99. The van der Waals surface area contributed by atoms with Crippen molar-refractivity contribution in [3.63, 3.8) is 0 Å². The number of benzene rings is 2. The summed E-state index contributed by atoms with van der Waals surface area (Å²) in [6, 6.07) is 7.34. The van der Waals surface area contributed by atoms with Gasteiger partial charge in [0.15, 0.2) is 17.3 Å². The first-order valence-electron chi connectivity index (χ1n) is 11.2. The summed E-state index contributed by atoms with van der Waals surface area (Å²) in [5.74, 6) is -0.413. The van der Waals surface area contributed by atoms with Crippen molar-refractivity contribution in [2.45, 2.75) is 25.9 Å². The van der Waals surface area contributed by atoms with Gasteiger partial charge in [0.05, 0.1) is 21.8 Å². The molecule has 0 spiro atoms.